The van der Waals surface area contributed by atoms with Crippen molar-refractivity contribution in [3.63, 3.8) is 0 Å². The first-order chi connectivity index (χ1) is 11.9. The van der Waals surface area contributed by atoms with Crippen LogP contribution in [-0.4, -0.2) is 46.7 Å². The number of halogens is 11. The average Bonchev–Trinajstić information content (AvgIpc) is 2.51. The van der Waals surface area contributed by atoms with E-state index >= 15 is 0 Å². The number of thioether (sulfide) groups is 1. The summed E-state index contributed by atoms with van der Waals surface area (Å²) < 4.78 is 141. The van der Waals surface area contributed by atoms with Gasteiger partial charge in [-0.1, -0.05) is 0 Å². The summed E-state index contributed by atoms with van der Waals surface area (Å²) in [5.41, 5.74) is -0.340. The van der Waals surface area contributed by atoms with Gasteiger partial charge in [-0.15, -0.1) is 11.8 Å². The van der Waals surface area contributed by atoms with Gasteiger partial charge in [0.25, 0.3) is 0 Å². The molecule has 1 rings (SSSR count). The molecule has 0 amide bonds. The molecule has 2 nitrogen and oxygen atoms in total. The van der Waals surface area contributed by atoms with Gasteiger partial charge in [-0.3, -0.25) is 0 Å². The summed E-state index contributed by atoms with van der Waals surface area (Å²) in [4.78, 5) is 10.2. The lowest BCUT2D eigenvalue weighted by molar-refractivity contribution is -0.419. The van der Waals surface area contributed by atoms with E-state index in [0.717, 1.165) is 24.3 Å². The average molecular weight is 436 g/mol. The number of hydrogen-bond donors (Lipinski definition) is 1. The molecule has 0 aliphatic heterocycles. The van der Waals surface area contributed by atoms with Crippen LogP contribution in [0.5, 0.6) is 0 Å². The second kappa shape index (κ2) is 7.02. The van der Waals surface area contributed by atoms with Crippen LogP contribution in [0.4, 0.5) is 48.3 Å². The number of carboxylic acids is 1. The number of benzene rings is 1. The topological polar surface area (TPSA) is 37.3 Å². The lowest BCUT2D eigenvalue weighted by Gasteiger charge is -2.37. The van der Waals surface area contributed by atoms with Gasteiger partial charge in [0, 0.05) is 4.90 Å². The van der Waals surface area contributed by atoms with Crippen molar-refractivity contribution in [1.82, 2.24) is 0 Å². The van der Waals surface area contributed by atoms with E-state index in [-0.39, 0.29) is 22.2 Å². The summed E-state index contributed by atoms with van der Waals surface area (Å²) in [7, 11) is 0. The number of alkyl halides is 11. The highest BCUT2D eigenvalue weighted by atomic mass is 32.2. The third-order valence-electron chi connectivity index (χ3n) is 3.13. The van der Waals surface area contributed by atoms with Crippen molar-refractivity contribution >= 4 is 17.7 Å². The molecule has 0 aromatic heterocycles. The van der Waals surface area contributed by atoms with E-state index < -0.39 is 41.6 Å². The highest BCUT2D eigenvalue weighted by Crippen LogP contribution is 2.57. The van der Waals surface area contributed by atoms with Crippen molar-refractivity contribution in [2.45, 2.75) is 34.8 Å². The first kappa shape index (κ1) is 23.3. The van der Waals surface area contributed by atoms with Crippen LogP contribution in [0, 0.1) is 0 Å². The van der Waals surface area contributed by atoms with E-state index in [2.05, 4.69) is 0 Å². The Labute approximate surface area is 147 Å². The Balaban J connectivity index is 3.08. The van der Waals surface area contributed by atoms with Crippen LogP contribution in [-0.2, 0) is 0 Å². The zero-order valence-corrected chi connectivity index (χ0v) is 13.3. The van der Waals surface area contributed by atoms with Gasteiger partial charge in [0.05, 0.1) is 11.3 Å². The number of aromatic carboxylic acids is 1. The van der Waals surface area contributed by atoms with Crippen LogP contribution < -0.4 is 0 Å². The molecule has 0 heterocycles. The van der Waals surface area contributed by atoms with Crippen LogP contribution >= 0.6 is 11.8 Å². The Morgan fingerprint density at radius 3 is 1.59 bits per heavy atom. The van der Waals surface area contributed by atoms with Gasteiger partial charge in [0.15, 0.2) is 0 Å². The maximum absolute atomic E-state index is 13.5. The normalized spacial score (nSPS) is 14.3. The third kappa shape index (κ3) is 4.09. The maximum atomic E-state index is 13.5. The first-order valence-corrected chi connectivity index (χ1v) is 7.41. The van der Waals surface area contributed by atoms with E-state index in [1.807, 2.05) is 0 Å². The fourth-order valence-electron chi connectivity index (χ4n) is 1.56. The smallest absolute Gasteiger partial charge is 0.460 e. The van der Waals surface area contributed by atoms with Crippen LogP contribution in [0.3, 0.4) is 0 Å². The molecule has 0 atom stereocenters. The van der Waals surface area contributed by atoms with Crippen molar-refractivity contribution < 1.29 is 58.2 Å². The SMILES string of the molecule is O=C(O)c1ccc(SCC(F)(F)C(F)(F)C(F)(F)C(F)(F)C(F)(F)F)cc1. The lowest BCUT2D eigenvalue weighted by atomic mass is 9.99. The second-order valence-corrected chi connectivity index (χ2v) is 6.09. The molecule has 154 valence electrons. The Kier molecular flexibility index (Phi) is 6.06. The van der Waals surface area contributed by atoms with E-state index in [9.17, 15) is 53.1 Å². The molecule has 0 aliphatic carbocycles. The fourth-order valence-corrected chi connectivity index (χ4v) is 2.42. The zero-order chi connectivity index (χ0) is 21.5. The summed E-state index contributed by atoms with van der Waals surface area (Å²) in [6, 6.07) is 3.33. The fraction of sp³-hybridized carbons (Fsp3) is 0.462. The van der Waals surface area contributed by atoms with Gasteiger partial charge >= 0.3 is 35.8 Å². The number of rotatable bonds is 7. The van der Waals surface area contributed by atoms with Gasteiger partial charge in [0.1, 0.15) is 0 Å². The van der Waals surface area contributed by atoms with Gasteiger partial charge in [-0.25, -0.2) is 4.79 Å². The molecule has 1 aromatic carbocycles. The van der Waals surface area contributed by atoms with Crippen molar-refractivity contribution in [3.8, 4) is 0 Å². The molecular weight excluding hydrogens is 429 g/mol. The Morgan fingerprint density at radius 1 is 0.778 bits per heavy atom. The standard InChI is InChI=1S/C13H7F11O2S/c14-9(15,5-27-7-3-1-6(2-4-7)8(25)26)10(16,17)11(18,19)12(20,21)13(22,23)24/h1-4H,5H2,(H,25,26). The van der Waals surface area contributed by atoms with Crippen LogP contribution in [0.1, 0.15) is 10.4 Å². The second-order valence-electron chi connectivity index (χ2n) is 5.04. The zero-order valence-electron chi connectivity index (χ0n) is 12.4. The maximum Gasteiger partial charge on any atom is 0.460 e. The van der Waals surface area contributed by atoms with E-state index in [1.165, 1.54) is 0 Å². The molecule has 0 bridgehead atoms. The highest BCUT2D eigenvalue weighted by molar-refractivity contribution is 7.99. The number of carbonyl (C=O) groups is 1. The van der Waals surface area contributed by atoms with E-state index in [0.29, 0.717) is 0 Å². The summed E-state index contributed by atoms with van der Waals surface area (Å²) >= 11 is -0.274. The highest BCUT2D eigenvalue weighted by Gasteiger charge is 2.86. The Morgan fingerprint density at radius 2 is 1.22 bits per heavy atom. The first-order valence-electron chi connectivity index (χ1n) is 6.42. The summed E-state index contributed by atoms with van der Waals surface area (Å²) in [5.74, 6) is -31.6. The largest absolute Gasteiger partial charge is 0.478 e. The van der Waals surface area contributed by atoms with Crippen molar-refractivity contribution in [1.29, 1.82) is 0 Å². The Bertz CT molecular complexity index is 682. The van der Waals surface area contributed by atoms with Crippen LogP contribution in [0.2, 0.25) is 0 Å². The van der Waals surface area contributed by atoms with Gasteiger partial charge < -0.3 is 5.11 Å². The predicted octanol–water partition coefficient (Wildman–Crippen LogP) is 5.58. The molecule has 1 aromatic rings. The third-order valence-corrected chi connectivity index (χ3v) is 4.24. The minimum atomic E-state index is -7.44. The quantitative estimate of drug-likeness (QED) is 0.448. The molecule has 0 saturated carbocycles. The molecule has 0 aliphatic rings. The van der Waals surface area contributed by atoms with Gasteiger partial charge in [-0.2, -0.15) is 48.3 Å². The molecular formula is C13H7F11O2S. The van der Waals surface area contributed by atoms with Gasteiger partial charge in [0.2, 0.25) is 0 Å². The minimum absolute atomic E-state index is 0.274. The molecule has 0 fully saturated rings. The molecule has 0 unspecified atom stereocenters. The minimum Gasteiger partial charge on any atom is -0.478 e. The lowest BCUT2D eigenvalue weighted by Crippen LogP contribution is -2.66. The van der Waals surface area contributed by atoms with E-state index in [1.54, 1.807) is 0 Å². The number of carboxylic acid groups (broad SMARTS) is 1. The monoisotopic (exact) mass is 436 g/mol. The Hall–Kier alpha value is -1.73. The predicted molar refractivity (Wildman–Crippen MR) is 70.0 cm³/mol. The molecule has 1 N–H and O–H groups in total. The van der Waals surface area contributed by atoms with Gasteiger partial charge in [-0.05, 0) is 24.3 Å². The van der Waals surface area contributed by atoms with Crippen molar-refractivity contribution in [2.24, 2.45) is 0 Å². The molecule has 0 spiro atoms. The van der Waals surface area contributed by atoms with Crippen molar-refractivity contribution in [3.05, 3.63) is 29.8 Å². The van der Waals surface area contributed by atoms with E-state index in [4.69, 9.17) is 5.11 Å². The van der Waals surface area contributed by atoms with Crippen molar-refractivity contribution in [2.75, 3.05) is 5.75 Å². The van der Waals surface area contributed by atoms with Crippen LogP contribution in [0.15, 0.2) is 29.2 Å². The molecule has 14 heteroatoms. The molecule has 0 radical (unpaired) electrons. The summed E-state index contributed by atoms with van der Waals surface area (Å²) in [5, 5.41) is 8.60. The van der Waals surface area contributed by atoms with Crippen LogP contribution in [0.25, 0.3) is 0 Å². The molecule has 0 saturated heterocycles. The summed E-state index contributed by atoms with van der Waals surface area (Å²) in [6.07, 6.45) is -7.20. The number of hydrogen-bond acceptors (Lipinski definition) is 2. The molecule has 27 heavy (non-hydrogen) atoms. The summed E-state index contributed by atoms with van der Waals surface area (Å²) in [6.45, 7) is 0.